The van der Waals surface area contributed by atoms with E-state index in [4.69, 9.17) is 0 Å². The van der Waals surface area contributed by atoms with Crippen LogP contribution >= 0.6 is 15.9 Å². The fourth-order valence-corrected chi connectivity index (χ4v) is 9.34. The molecule has 0 fully saturated rings. The number of rotatable bonds is 1. The van der Waals surface area contributed by atoms with Gasteiger partial charge in [0.1, 0.15) is 0 Å². The van der Waals surface area contributed by atoms with E-state index in [0.717, 1.165) is 4.47 Å². The molecular formula is C44H29Br. The third kappa shape index (κ3) is 3.12. The summed E-state index contributed by atoms with van der Waals surface area (Å²) in [6.07, 6.45) is 0. The van der Waals surface area contributed by atoms with Crippen LogP contribution in [0.15, 0.2) is 144 Å². The number of hydrogen-bond donors (Lipinski definition) is 0. The van der Waals surface area contributed by atoms with E-state index in [1.165, 1.54) is 88.7 Å². The van der Waals surface area contributed by atoms with Crippen LogP contribution in [0.25, 0.3) is 55.3 Å². The maximum absolute atomic E-state index is 3.72. The van der Waals surface area contributed by atoms with Gasteiger partial charge in [-0.25, -0.2) is 0 Å². The van der Waals surface area contributed by atoms with E-state index in [1.807, 2.05) is 0 Å². The summed E-state index contributed by atoms with van der Waals surface area (Å²) in [7, 11) is 0. The maximum Gasteiger partial charge on any atom is 0.0725 e. The molecule has 0 aliphatic heterocycles. The minimum atomic E-state index is -0.365. The van der Waals surface area contributed by atoms with Crippen LogP contribution in [-0.2, 0) is 10.8 Å². The number of benzene rings is 7. The Kier molecular flexibility index (Phi) is 4.95. The monoisotopic (exact) mass is 636 g/mol. The van der Waals surface area contributed by atoms with Crippen molar-refractivity contribution in [1.29, 1.82) is 0 Å². The molecule has 0 N–H and O–H groups in total. The van der Waals surface area contributed by atoms with Gasteiger partial charge in [0.05, 0.1) is 5.41 Å². The number of hydrogen-bond acceptors (Lipinski definition) is 0. The van der Waals surface area contributed by atoms with Crippen LogP contribution in [0.2, 0.25) is 0 Å². The summed E-state index contributed by atoms with van der Waals surface area (Å²) in [6, 6.07) is 52.9. The molecule has 0 aromatic heterocycles. The highest BCUT2D eigenvalue weighted by Gasteiger charge is 2.52. The van der Waals surface area contributed by atoms with Gasteiger partial charge in [0.15, 0.2) is 0 Å². The number of fused-ring (bicyclic) bond motifs is 15. The second kappa shape index (κ2) is 8.71. The highest BCUT2D eigenvalue weighted by molar-refractivity contribution is 9.10. The lowest BCUT2D eigenvalue weighted by atomic mass is 9.70. The van der Waals surface area contributed by atoms with Crippen molar-refractivity contribution in [3.8, 4) is 44.5 Å². The summed E-state index contributed by atoms with van der Waals surface area (Å²) in [6.45, 7) is 4.72. The van der Waals surface area contributed by atoms with E-state index < -0.39 is 0 Å². The highest BCUT2D eigenvalue weighted by Crippen LogP contribution is 2.64. The molecule has 45 heavy (non-hydrogen) atoms. The molecule has 0 saturated heterocycles. The van der Waals surface area contributed by atoms with Gasteiger partial charge in [0.2, 0.25) is 0 Å². The molecule has 7 aromatic carbocycles. The second-order valence-corrected chi connectivity index (χ2v) is 14.3. The molecule has 0 bridgehead atoms. The van der Waals surface area contributed by atoms with Crippen molar-refractivity contribution in [1.82, 2.24) is 0 Å². The molecule has 0 amide bonds. The Morgan fingerprint density at radius 1 is 0.422 bits per heavy atom. The van der Waals surface area contributed by atoms with E-state index in [2.05, 4.69) is 169 Å². The topological polar surface area (TPSA) is 0 Å². The predicted molar refractivity (Wildman–Crippen MR) is 191 cm³/mol. The van der Waals surface area contributed by atoms with E-state index in [1.54, 1.807) is 0 Å². The molecule has 0 saturated carbocycles. The average molecular weight is 638 g/mol. The Hall–Kier alpha value is -4.72. The Morgan fingerprint density at radius 2 is 0.978 bits per heavy atom. The lowest BCUT2D eigenvalue weighted by Gasteiger charge is -2.31. The Labute approximate surface area is 272 Å². The maximum atomic E-state index is 3.72. The van der Waals surface area contributed by atoms with Gasteiger partial charge in [-0.2, -0.15) is 0 Å². The van der Waals surface area contributed by atoms with Gasteiger partial charge in [0.25, 0.3) is 0 Å². The SMILES string of the molecule is CC1(C)c2cc(Br)ccc2-c2ccc(-c3ccc4c(c3)C3(c5ccccc5-4)c4ccccc4-c4c3ccc3ccccc43)cc21. The zero-order valence-electron chi connectivity index (χ0n) is 25.2. The molecule has 0 nitrogen and oxygen atoms in total. The van der Waals surface area contributed by atoms with Gasteiger partial charge >= 0.3 is 0 Å². The molecule has 1 heteroatoms. The van der Waals surface area contributed by atoms with Gasteiger partial charge in [-0.3, -0.25) is 0 Å². The van der Waals surface area contributed by atoms with Crippen molar-refractivity contribution in [2.75, 3.05) is 0 Å². The second-order valence-electron chi connectivity index (χ2n) is 13.4. The van der Waals surface area contributed by atoms with Crippen molar-refractivity contribution in [2.45, 2.75) is 24.7 Å². The molecule has 0 heterocycles. The summed E-state index contributed by atoms with van der Waals surface area (Å²) in [5, 5.41) is 2.62. The average Bonchev–Trinajstić information content (AvgIpc) is 3.63. The van der Waals surface area contributed by atoms with Gasteiger partial charge in [-0.15, -0.1) is 0 Å². The first kappa shape index (κ1) is 25.6. The zero-order chi connectivity index (χ0) is 30.1. The Morgan fingerprint density at radius 3 is 1.76 bits per heavy atom. The first-order valence-corrected chi connectivity index (χ1v) is 16.6. The van der Waals surface area contributed by atoms with Crippen molar-refractivity contribution in [2.24, 2.45) is 0 Å². The summed E-state index contributed by atoms with van der Waals surface area (Å²) in [4.78, 5) is 0. The molecular weight excluding hydrogens is 608 g/mol. The van der Waals surface area contributed by atoms with Crippen LogP contribution in [0.3, 0.4) is 0 Å². The fourth-order valence-electron chi connectivity index (χ4n) is 8.98. The van der Waals surface area contributed by atoms with Crippen molar-refractivity contribution < 1.29 is 0 Å². The normalized spacial score (nSPS) is 17.5. The molecule has 1 spiro atoms. The van der Waals surface area contributed by atoms with Crippen LogP contribution < -0.4 is 0 Å². The van der Waals surface area contributed by atoms with Crippen LogP contribution in [0.4, 0.5) is 0 Å². The molecule has 1 unspecified atom stereocenters. The third-order valence-electron chi connectivity index (χ3n) is 10.9. The van der Waals surface area contributed by atoms with Gasteiger partial charge in [0, 0.05) is 9.89 Å². The predicted octanol–water partition coefficient (Wildman–Crippen LogP) is 11.9. The summed E-state index contributed by atoms with van der Waals surface area (Å²) < 4.78 is 1.13. The molecule has 3 aliphatic rings. The van der Waals surface area contributed by atoms with Crippen molar-refractivity contribution >= 4 is 26.7 Å². The van der Waals surface area contributed by atoms with E-state index in [-0.39, 0.29) is 10.8 Å². The fraction of sp³-hybridized carbons (Fsp3) is 0.0909. The van der Waals surface area contributed by atoms with E-state index >= 15 is 0 Å². The molecule has 3 aliphatic carbocycles. The largest absolute Gasteiger partial charge is 0.0725 e. The minimum Gasteiger partial charge on any atom is -0.0619 e. The standard InChI is InChI=1S/C44H29Br/c1-43(2)39-23-27(15-19-32(39)33-21-18-29(45)25-40(33)43)28-16-20-34-31-11-5-7-13-36(31)44(41(34)24-28)37-14-8-6-12-35(37)42-30-10-4-3-9-26(30)17-22-38(42)44/h3-25H,1-2H3. The quantitative estimate of drug-likeness (QED) is 0.168. The Balaban J connectivity index is 1.25. The van der Waals surface area contributed by atoms with E-state index in [0.29, 0.717) is 0 Å². The third-order valence-corrected chi connectivity index (χ3v) is 11.4. The lowest BCUT2D eigenvalue weighted by molar-refractivity contribution is 0.660. The summed E-state index contributed by atoms with van der Waals surface area (Å²) >= 11 is 3.72. The highest BCUT2D eigenvalue weighted by atomic mass is 79.9. The van der Waals surface area contributed by atoms with Gasteiger partial charge in [-0.1, -0.05) is 145 Å². The first-order valence-electron chi connectivity index (χ1n) is 15.8. The van der Waals surface area contributed by atoms with Gasteiger partial charge in [-0.05, 0) is 113 Å². The first-order chi connectivity index (χ1) is 22.0. The molecule has 10 rings (SSSR count). The summed E-state index contributed by atoms with van der Waals surface area (Å²) in [5.41, 5.74) is 18.5. The van der Waals surface area contributed by atoms with Crippen LogP contribution in [-0.4, -0.2) is 0 Å². The van der Waals surface area contributed by atoms with Crippen LogP contribution in [0.1, 0.15) is 47.2 Å². The van der Waals surface area contributed by atoms with E-state index in [9.17, 15) is 0 Å². The number of halogens is 1. The zero-order valence-corrected chi connectivity index (χ0v) is 26.7. The smallest absolute Gasteiger partial charge is 0.0619 e. The summed E-state index contributed by atoms with van der Waals surface area (Å²) in [5.74, 6) is 0. The molecule has 7 aromatic rings. The molecule has 0 radical (unpaired) electrons. The lowest BCUT2D eigenvalue weighted by Crippen LogP contribution is -2.25. The minimum absolute atomic E-state index is 0.0664. The molecule has 212 valence electrons. The van der Waals surface area contributed by atoms with Crippen LogP contribution in [0, 0.1) is 0 Å². The van der Waals surface area contributed by atoms with Crippen molar-refractivity contribution in [3.05, 3.63) is 177 Å². The molecule has 1 atom stereocenters. The Bertz CT molecular complexity index is 2430. The van der Waals surface area contributed by atoms with Gasteiger partial charge < -0.3 is 0 Å². The van der Waals surface area contributed by atoms with Crippen molar-refractivity contribution in [3.63, 3.8) is 0 Å². The van der Waals surface area contributed by atoms with Crippen LogP contribution in [0.5, 0.6) is 0 Å².